The van der Waals surface area contributed by atoms with E-state index in [0.717, 1.165) is 44.5 Å². The van der Waals surface area contributed by atoms with Crippen molar-refractivity contribution < 1.29 is 27.5 Å². The van der Waals surface area contributed by atoms with E-state index in [2.05, 4.69) is 47.5 Å². The molecule has 47 heavy (non-hydrogen) atoms. The maximum atomic E-state index is 13.5. The smallest absolute Gasteiger partial charge is 0.374 e. The van der Waals surface area contributed by atoms with Gasteiger partial charge >= 0.3 is 6.18 Å². The number of halogens is 3. The maximum absolute atomic E-state index is 13.5. The van der Waals surface area contributed by atoms with Gasteiger partial charge in [-0.3, -0.25) is 14.5 Å². The Morgan fingerprint density at radius 1 is 0.957 bits per heavy atom. The molecule has 1 fully saturated rings. The van der Waals surface area contributed by atoms with E-state index in [1.807, 2.05) is 6.07 Å². The third kappa shape index (κ3) is 8.99. The number of benzene rings is 4. The molecule has 0 saturated carbocycles. The van der Waals surface area contributed by atoms with Crippen LogP contribution in [0.4, 0.5) is 13.2 Å². The molecule has 5 rings (SSSR count). The van der Waals surface area contributed by atoms with Crippen molar-refractivity contribution in [2.75, 3.05) is 46.4 Å². The SMILES string of the molecule is Cc1ccc2ccccc2c1CCCC(=O)NCCCN1CCOC(CN(C)C(=O)c2ccccc2-c2ccc(C(F)(F)F)cc2)C1. The molecule has 1 N–H and O–H groups in total. The van der Waals surface area contributed by atoms with Gasteiger partial charge in [0.05, 0.1) is 18.3 Å². The largest absolute Gasteiger partial charge is 0.416 e. The lowest BCUT2D eigenvalue weighted by atomic mass is 9.95. The molecular weight excluding hydrogens is 603 g/mol. The Hall–Kier alpha value is -4.21. The lowest BCUT2D eigenvalue weighted by Gasteiger charge is -2.35. The highest BCUT2D eigenvalue weighted by atomic mass is 19.4. The normalized spacial score (nSPS) is 15.5. The first kappa shape index (κ1) is 34.1. The number of likely N-dealkylation sites (N-methyl/N-ethyl adjacent to an activating group) is 1. The van der Waals surface area contributed by atoms with Crippen molar-refractivity contribution in [2.45, 2.75) is 44.9 Å². The van der Waals surface area contributed by atoms with Crippen LogP contribution in [0.5, 0.6) is 0 Å². The summed E-state index contributed by atoms with van der Waals surface area (Å²) in [6.45, 7) is 5.91. The highest BCUT2D eigenvalue weighted by Gasteiger charge is 2.30. The van der Waals surface area contributed by atoms with Crippen LogP contribution in [-0.4, -0.2) is 74.1 Å². The predicted octanol–water partition coefficient (Wildman–Crippen LogP) is 7.14. The number of amides is 2. The number of carbonyl (C=O) groups excluding carboxylic acids is 2. The molecule has 1 aliphatic rings. The summed E-state index contributed by atoms with van der Waals surface area (Å²) in [5, 5.41) is 5.55. The topological polar surface area (TPSA) is 61.9 Å². The Morgan fingerprint density at radius 3 is 2.49 bits per heavy atom. The molecule has 1 saturated heterocycles. The summed E-state index contributed by atoms with van der Waals surface area (Å²) in [6.07, 6.45) is -1.63. The van der Waals surface area contributed by atoms with E-state index in [-0.39, 0.29) is 17.9 Å². The molecule has 248 valence electrons. The van der Waals surface area contributed by atoms with Gasteiger partial charge in [0.25, 0.3) is 5.91 Å². The van der Waals surface area contributed by atoms with Crippen LogP contribution in [0.15, 0.2) is 84.9 Å². The zero-order chi connectivity index (χ0) is 33.4. The number of hydrogen-bond donors (Lipinski definition) is 1. The summed E-state index contributed by atoms with van der Waals surface area (Å²) in [5.74, 6) is -0.154. The van der Waals surface area contributed by atoms with Gasteiger partial charge in [0, 0.05) is 51.8 Å². The maximum Gasteiger partial charge on any atom is 0.416 e. The molecule has 1 aliphatic heterocycles. The minimum absolute atomic E-state index is 0.0689. The van der Waals surface area contributed by atoms with E-state index < -0.39 is 11.7 Å². The van der Waals surface area contributed by atoms with Crippen molar-refractivity contribution >= 4 is 22.6 Å². The fraction of sp³-hybridized carbons (Fsp3) is 0.368. The minimum Gasteiger partial charge on any atom is -0.374 e. The molecule has 2 amide bonds. The molecule has 4 aromatic carbocycles. The van der Waals surface area contributed by atoms with Crippen LogP contribution >= 0.6 is 0 Å². The Kier molecular flexibility index (Phi) is 11.3. The molecule has 0 aliphatic carbocycles. The highest BCUT2D eigenvalue weighted by Crippen LogP contribution is 2.32. The Balaban J connectivity index is 1.05. The number of alkyl halides is 3. The van der Waals surface area contributed by atoms with Crippen LogP contribution in [0.3, 0.4) is 0 Å². The van der Waals surface area contributed by atoms with Crippen LogP contribution in [0, 0.1) is 6.92 Å². The van der Waals surface area contributed by atoms with Gasteiger partial charge in [0.1, 0.15) is 0 Å². The summed E-state index contributed by atoms with van der Waals surface area (Å²) in [7, 11) is 1.71. The van der Waals surface area contributed by atoms with Crippen molar-refractivity contribution in [1.29, 1.82) is 0 Å². The average molecular weight is 646 g/mol. The Labute approximate surface area is 274 Å². The lowest BCUT2D eigenvalue weighted by molar-refractivity contribution is -0.137. The number of nitrogens with zero attached hydrogens (tertiary/aromatic N) is 2. The van der Waals surface area contributed by atoms with Crippen LogP contribution in [0.1, 0.15) is 46.3 Å². The van der Waals surface area contributed by atoms with Crippen molar-refractivity contribution in [2.24, 2.45) is 0 Å². The third-order valence-electron chi connectivity index (χ3n) is 8.81. The zero-order valence-corrected chi connectivity index (χ0v) is 27.0. The number of morpholine rings is 1. The van der Waals surface area contributed by atoms with Crippen LogP contribution < -0.4 is 5.32 Å². The number of rotatable bonds is 12. The molecule has 0 spiro atoms. The minimum atomic E-state index is -4.42. The molecule has 6 nitrogen and oxygen atoms in total. The van der Waals surface area contributed by atoms with Crippen molar-refractivity contribution in [3.05, 3.63) is 107 Å². The summed E-state index contributed by atoms with van der Waals surface area (Å²) < 4.78 is 45.1. The van der Waals surface area contributed by atoms with E-state index >= 15 is 0 Å². The van der Waals surface area contributed by atoms with E-state index in [4.69, 9.17) is 4.74 Å². The number of carbonyl (C=O) groups is 2. The number of fused-ring (bicyclic) bond motifs is 1. The van der Waals surface area contributed by atoms with Gasteiger partial charge in [-0.25, -0.2) is 0 Å². The van der Waals surface area contributed by atoms with Gasteiger partial charge in [0.15, 0.2) is 0 Å². The Bertz CT molecular complexity index is 1670. The van der Waals surface area contributed by atoms with Gasteiger partial charge in [-0.15, -0.1) is 0 Å². The van der Waals surface area contributed by atoms with Crippen molar-refractivity contribution in [3.63, 3.8) is 0 Å². The van der Waals surface area contributed by atoms with Gasteiger partial charge < -0.3 is 15.0 Å². The van der Waals surface area contributed by atoms with Gasteiger partial charge in [0.2, 0.25) is 5.91 Å². The molecule has 0 aromatic heterocycles. The Morgan fingerprint density at radius 2 is 1.70 bits per heavy atom. The predicted molar refractivity (Wildman–Crippen MR) is 179 cm³/mol. The van der Waals surface area contributed by atoms with Crippen molar-refractivity contribution in [3.8, 4) is 11.1 Å². The summed E-state index contributed by atoms with van der Waals surface area (Å²) in [6, 6.07) is 24.5. The van der Waals surface area contributed by atoms with Crippen molar-refractivity contribution in [1.82, 2.24) is 15.1 Å². The second kappa shape index (κ2) is 15.6. The van der Waals surface area contributed by atoms with Crippen LogP contribution in [0.25, 0.3) is 21.9 Å². The molecule has 0 bridgehead atoms. The lowest BCUT2D eigenvalue weighted by Crippen LogP contribution is -2.48. The standard InChI is InChI=1S/C38H42F3N3O3/c1-27-15-16-28-9-3-4-10-33(28)32(27)13-7-14-36(45)42-21-8-22-44-23-24-47-31(26-44)25-43(2)37(46)35-12-6-5-11-34(35)29-17-19-30(20-18-29)38(39,40)41/h3-6,9-12,15-20,31H,7-8,13-14,21-26H2,1-2H3,(H,42,45). The molecule has 1 atom stereocenters. The summed E-state index contributed by atoms with van der Waals surface area (Å²) >= 11 is 0. The third-order valence-corrected chi connectivity index (χ3v) is 8.81. The number of hydrogen-bond acceptors (Lipinski definition) is 4. The first-order valence-electron chi connectivity index (χ1n) is 16.2. The fourth-order valence-corrected chi connectivity index (χ4v) is 6.27. The monoisotopic (exact) mass is 645 g/mol. The molecule has 1 heterocycles. The molecular formula is C38H42F3N3O3. The van der Waals surface area contributed by atoms with Crippen LogP contribution in [0.2, 0.25) is 0 Å². The number of aryl methyl sites for hydroxylation is 2. The van der Waals surface area contributed by atoms with Crippen LogP contribution in [-0.2, 0) is 22.1 Å². The molecule has 9 heteroatoms. The average Bonchev–Trinajstić information content (AvgIpc) is 3.07. The quantitative estimate of drug-likeness (QED) is 0.167. The van der Waals surface area contributed by atoms with E-state index in [1.54, 1.807) is 36.2 Å². The summed E-state index contributed by atoms with van der Waals surface area (Å²) in [5.41, 5.74) is 3.38. The first-order chi connectivity index (χ1) is 22.6. The number of nitrogens with one attached hydrogen (secondary N) is 1. The molecule has 4 aromatic rings. The molecule has 1 unspecified atom stereocenters. The second-order valence-electron chi connectivity index (χ2n) is 12.2. The number of ether oxygens (including phenoxy) is 1. The second-order valence-corrected chi connectivity index (χ2v) is 12.2. The molecule has 0 radical (unpaired) electrons. The first-order valence-corrected chi connectivity index (χ1v) is 16.2. The van der Waals surface area contributed by atoms with E-state index in [0.29, 0.717) is 49.4 Å². The van der Waals surface area contributed by atoms with Gasteiger partial charge in [-0.05, 0) is 77.4 Å². The van der Waals surface area contributed by atoms with E-state index in [9.17, 15) is 22.8 Å². The summed E-state index contributed by atoms with van der Waals surface area (Å²) in [4.78, 5) is 29.9. The fourth-order valence-electron chi connectivity index (χ4n) is 6.27. The highest BCUT2D eigenvalue weighted by molar-refractivity contribution is 6.00. The van der Waals surface area contributed by atoms with E-state index in [1.165, 1.54) is 34.0 Å². The van der Waals surface area contributed by atoms with Gasteiger partial charge in [-0.1, -0.05) is 66.7 Å². The zero-order valence-electron chi connectivity index (χ0n) is 27.0. The van der Waals surface area contributed by atoms with Gasteiger partial charge in [-0.2, -0.15) is 13.2 Å².